The maximum absolute atomic E-state index is 14.6. The fourth-order valence-electron chi connectivity index (χ4n) is 7.80. The van der Waals surface area contributed by atoms with E-state index in [9.17, 15) is 33.9 Å². The van der Waals surface area contributed by atoms with Crippen molar-refractivity contribution < 1.29 is 52.8 Å². The first-order chi connectivity index (χ1) is 36.8. The van der Waals surface area contributed by atoms with Gasteiger partial charge in [-0.15, -0.1) is 0 Å². The van der Waals surface area contributed by atoms with Gasteiger partial charge in [0.1, 0.15) is 50.5 Å². The lowest BCUT2D eigenvalue weighted by Crippen LogP contribution is -2.46. The van der Waals surface area contributed by atoms with E-state index >= 15 is 0 Å². The Hall–Kier alpha value is -9.12. The number of aryl methyl sites for hydroxylation is 2. The molecule has 4 amide bonds. The van der Waals surface area contributed by atoms with Crippen LogP contribution in [0.15, 0.2) is 174 Å². The standard InChI is InChI=1S/C59H62N6O11/c1-40-29-49(66)30-41(2)50(40)33-51(62-56(64-58(71)75-38-46-25-15-7-16-26-46)65-59(72)76-39-47-27-17-8-18-28-47)52(67)31-42(3)55(69)60-35-48(32-43-19-9-4-10-20-43)61-53(34-54(68)73-36-44-21-11-5-12-22-44)63-57(70)74-37-45-23-13-6-14-24-45/h4-30,42,48,51,66H,31-39H2,1-3H3,(H,60,69)(H,61,63,70)(H2,62,64,65,71,72)/t42-,48-,51-/m0/s1. The van der Waals surface area contributed by atoms with E-state index in [-0.39, 0.29) is 63.8 Å². The average molecular weight is 1030 g/mol. The monoisotopic (exact) mass is 1030 g/mol. The maximum atomic E-state index is 14.6. The van der Waals surface area contributed by atoms with Crippen molar-refractivity contribution in [1.82, 2.24) is 21.3 Å². The molecule has 6 rings (SSSR count). The van der Waals surface area contributed by atoms with Crippen molar-refractivity contribution in [3.05, 3.63) is 208 Å². The van der Waals surface area contributed by atoms with Crippen LogP contribution in [0.4, 0.5) is 14.4 Å². The number of ether oxygens (including phenoxy) is 4. The van der Waals surface area contributed by atoms with Crippen molar-refractivity contribution in [3.63, 3.8) is 0 Å². The number of nitrogens with zero attached hydrogens (tertiary/aromatic N) is 2. The Labute approximate surface area is 441 Å². The molecular weight excluding hydrogens is 969 g/mol. The lowest BCUT2D eigenvalue weighted by Gasteiger charge is -2.21. The zero-order valence-corrected chi connectivity index (χ0v) is 42.6. The Kier molecular flexibility index (Phi) is 21.8. The van der Waals surface area contributed by atoms with Crippen molar-refractivity contribution in [2.75, 3.05) is 6.54 Å². The number of carbonyl (C=O) groups excluding carboxylic acids is 6. The first-order valence-electron chi connectivity index (χ1n) is 24.7. The maximum Gasteiger partial charge on any atom is 0.414 e. The van der Waals surface area contributed by atoms with Crippen LogP contribution in [0.25, 0.3) is 0 Å². The zero-order valence-electron chi connectivity index (χ0n) is 42.6. The summed E-state index contributed by atoms with van der Waals surface area (Å²) in [5.41, 5.74) is 5.69. The minimum absolute atomic E-state index is 0.0111. The van der Waals surface area contributed by atoms with Crippen molar-refractivity contribution in [2.24, 2.45) is 15.9 Å². The summed E-state index contributed by atoms with van der Waals surface area (Å²) in [6, 6.07) is 46.3. The van der Waals surface area contributed by atoms with E-state index < -0.39 is 66.3 Å². The van der Waals surface area contributed by atoms with E-state index in [2.05, 4.69) is 26.3 Å². The molecule has 0 aromatic heterocycles. The van der Waals surface area contributed by atoms with Gasteiger partial charge < -0.3 is 29.4 Å². The van der Waals surface area contributed by atoms with Gasteiger partial charge in [-0.3, -0.25) is 35.3 Å². The zero-order chi connectivity index (χ0) is 54.1. The molecule has 6 aromatic rings. The number of ketones is 1. The number of amides is 4. The number of hydrogen-bond acceptors (Lipinski definition) is 13. The highest BCUT2D eigenvalue weighted by Crippen LogP contribution is 2.24. The number of Topliss-reactive ketones (excluding diaryl/α,β-unsaturated/α-hetero) is 1. The number of guanidine groups is 1. The van der Waals surface area contributed by atoms with Crippen LogP contribution in [0.3, 0.4) is 0 Å². The van der Waals surface area contributed by atoms with Crippen molar-refractivity contribution in [1.29, 1.82) is 0 Å². The van der Waals surface area contributed by atoms with E-state index in [1.54, 1.807) is 93.6 Å². The minimum atomic E-state index is -1.30. The van der Waals surface area contributed by atoms with Crippen molar-refractivity contribution in [2.45, 2.75) is 85.0 Å². The largest absolute Gasteiger partial charge is 0.508 e. The Balaban J connectivity index is 1.22. The van der Waals surface area contributed by atoms with Crippen molar-refractivity contribution in [3.8, 4) is 5.75 Å². The SMILES string of the molecule is Cc1cc(O)cc(C)c1C[C@H](N=C(NC(=O)OCc1ccccc1)NC(=O)OCc1ccccc1)C(=O)C[C@H](C)C(=O)NC[C@H](Cc1ccccc1)N=C(CC(=O)OCc1ccccc1)NC(=O)OCc1ccccc1. The number of phenolic OH excluding ortho intramolecular Hbond substituents is 1. The van der Waals surface area contributed by atoms with Gasteiger partial charge in [0.05, 0.1) is 6.04 Å². The molecule has 6 aromatic carbocycles. The normalized spacial score (nSPS) is 12.1. The number of phenols is 1. The third-order valence-electron chi connectivity index (χ3n) is 11.7. The molecule has 0 aliphatic heterocycles. The molecule has 76 heavy (non-hydrogen) atoms. The minimum Gasteiger partial charge on any atom is -0.508 e. The topological polar surface area (TPSA) is 232 Å². The number of carbonyl (C=O) groups is 6. The molecule has 0 aliphatic carbocycles. The van der Waals surface area contributed by atoms with Gasteiger partial charge in [0.25, 0.3) is 0 Å². The summed E-state index contributed by atoms with van der Waals surface area (Å²) in [6.07, 6.45) is -3.39. The number of amidine groups is 1. The van der Waals surface area contributed by atoms with Crippen LogP contribution in [0.2, 0.25) is 0 Å². The summed E-state index contributed by atoms with van der Waals surface area (Å²) in [5, 5.41) is 20.8. The second-order valence-electron chi connectivity index (χ2n) is 17.9. The number of aliphatic imine (C=N–C) groups is 2. The predicted molar refractivity (Wildman–Crippen MR) is 286 cm³/mol. The first-order valence-corrected chi connectivity index (χ1v) is 24.7. The molecule has 3 atom stereocenters. The van der Waals surface area contributed by atoms with E-state index in [0.29, 0.717) is 27.8 Å². The number of benzene rings is 6. The molecule has 0 saturated carbocycles. The lowest BCUT2D eigenvalue weighted by atomic mass is 9.91. The highest BCUT2D eigenvalue weighted by Gasteiger charge is 2.28. The second kappa shape index (κ2) is 29.5. The summed E-state index contributed by atoms with van der Waals surface area (Å²) >= 11 is 0. The highest BCUT2D eigenvalue weighted by atomic mass is 16.6. The molecule has 0 fully saturated rings. The fourth-order valence-corrected chi connectivity index (χ4v) is 7.80. The third-order valence-corrected chi connectivity index (χ3v) is 11.7. The van der Waals surface area contributed by atoms with Crippen LogP contribution in [-0.4, -0.2) is 71.5 Å². The summed E-state index contributed by atoms with van der Waals surface area (Å²) in [5.74, 6) is -3.16. The van der Waals surface area contributed by atoms with Crippen LogP contribution < -0.4 is 21.3 Å². The van der Waals surface area contributed by atoms with Gasteiger partial charge in [-0.2, -0.15) is 0 Å². The third kappa shape index (κ3) is 19.7. The molecular formula is C59H62N6O11. The molecule has 17 nitrogen and oxygen atoms in total. The molecule has 0 unspecified atom stereocenters. The van der Waals surface area contributed by atoms with Crippen LogP contribution in [-0.2, 0) is 72.6 Å². The van der Waals surface area contributed by atoms with Gasteiger partial charge >= 0.3 is 24.2 Å². The highest BCUT2D eigenvalue weighted by molar-refractivity contribution is 6.04. The number of rotatable bonds is 22. The fraction of sp³-hybridized carbons (Fsp3) is 0.254. The Bertz CT molecular complexity index is 2780. The van der Waals surface area contributed by atoms with Crippen LogP contribution >= 0.6 is 0 Å². The molecule has 0 saturated heterocycles. The quantitative estimate of drug-likeness (QED) is 0.0186. The van der Waals surface area contributed by atoms with E-state index in [1.165, 1.54) is 0 Å². The summed E-state index contributed by atoms with van der Waals surface area (Å²) < 4.78 is 21.9. The van der Waals surface area contributed by atoms with Gasteiger partial charge in [0.15, 0.2) is 5.78 Å². The van der Waals surface area contributed by atoms with Gasteiger partial charge in [-0.05, 0) is 76.9 Å². The van der Waals surface area contributed by atoms with E-state index in [0.717, 1.165) is 16.7 Å². The van der Waals surface area contributed by atoms with Gasteiger partial charge in [-0.1, -0.05) is 159 Å². The first kappa shape index (κ1) is 56.2. The summed E-state index contributed by atoms with van der Waals surface area (Å²) in [7, 11) is 0. The average Bonchev–Trinajstić information content (AvgIpc) is 3.42. The lowest BCUT2D eigenvalue weighted by molar-refractivity contribution is -0.143. The van der Waals surface area contributed by atoms with Gasteiger partial charge in [0.2, 0.25) is 11.9 Å². The van der Waals surface area contributed by atoms with Crippen LogP contribution in [0, 0.1) is 19.8 Å². The summed E-state index contributed by atoms with van der Waals surface area (Å²) in [6.45, 7) is 4.72. The predicted octanol–water partition coefficient (Wildman–Crippen LogP) is 8.91. The molecule has 0 bridgehead atoms. The molecule has 5 N–H and O–H groups in total. The molecule has 0 aliphatic rings. The van der Waals surface area contributed by atoms with E-state index in [1.807, 2.05) is 91.0 Å². The number of aromatic hydroxyl groups is 1. The van der Waals surface area contributed by atoms with Crippen LogP contribution in [0.1, 0.15) is 64.3 Å². The van der Waals surface area contributed by atoms with E-state index in [4.69, 9.17) is 23.9 Å². The molecule has 0 radical (unpaired) electrons. The number of esters is 1. The molecule has 0 spiro atoms. The summed E-state index contributed by atoms with van der Waals surface area (Å²) in [4.78, 5) is 91.0. The Morgan fingerprint density at radius 2 is 0.934 bits per heavy atom. The molecule has 394 valence electrons. The number of hydrogen-bond donors (Lipinski definition) is 5. The molecule has 0 heterocycles. The number of nitrogens with one attached hydrogen (secondary N) is 4. The molecule has 17 heteroatoms. The Morgan fingerprint density at radius 1 is 0.526 bits per heavy atom. The van der Waals surface area contributed by atoms with Gasteiger partial charge in [0, 0.05) is 25.3 Å². The Morgan fingerprint density at radius 3 is 1.38 bits per heavy atom. The second-order valence-corrected chi connectivity index (χ2v) is 17.9. The smallest absolute Gasteiger partial charge is 0.414 e. The van der Waals surface area contributed by atoms with Crippen LogP contribution in [0.5, 0.6) is 5.75 Å². The van der Waals surface area contributed by atoms with Crippen molar-refractivity contribution >= 4 is 47.7 Å². The van der Waals surface area contributed by atoms with Gasteiger partial charge in [-0.25, -0.2) is 19.4 Å². The number of alkyl carbamates (subject to hydrolysis) is 3.